The van der Waals surface area contributed by atoms with Gasteiger partial charge in [0.05, 0.1) is 12.2 Å². The monoisotopic (exact) mass is 448 g/mol. The topological polar surface area (TPSA) is 71.3 Å². The summed E-state index contributed by atoms with van der Waals surface area (Å²) in [6, 6.07) is 6.29. The molecule has 1 heterocycles. The molecule has 0 radical (unpaired) electrons. The van der Waals surface area contributed by atoms with E-state index in [-0.39, 0.29) is 29.1 Å². The third-order valence-electron chi connectivity index (χ3n) is 5.55. The highest BCUT2D eigenvalue weighted by Gasteiger charge is 2.32. The third-order valence-corrected chi connectivity index (χ3v) is 6.72. The van der Waals surface area contributed by atoms with Gasteiger partial charge in [-0.25, -0.2) is 0 Å². The normalized spacial score (nSPS) is 15.9. The summed E-state index contributed by atoms with van der Waals surface area (Å²) in [7, 11) is 0. The maximum Gasteiger partial charge on any atom is 0.387 e. The molecule has 0 aliphatic heterocycles. The number of carbonyl (C=O) groups excluding carboxylic acids is 1. The lowest BCUT2D eigenvalue weighted by Gasteiger charge is -2.33. The second-order valence-corrected chi connectivity index (χ2v) is 9.66. The van der Waals surface area contributed by atoms with E-state index < -0.39 is 12.5 Å². The molecule has 0 saturated carbocycles. The van der Waals surface area contributed by atoms with Crippen molar-refractivity contribution in [1.82, 2.24) is 0 Å². The van der Waals surface area contributed by atoms with Crippen LogP contribution in [-0.4, -0.2) is 19.1 Å². The Labute approximate surface area is 185 Å². The lowest BCUT2D eigenvalue weighted by Crippen LogP contribution is -2.26. The summed E-state index contributed by atoms with van der Waals surface area (Å²) >= 11 is 1.45. The Hall–Kier alpha value is -2.66. The first-order valence-electron chi connectivity index (χ1n) is 10.2. The van der Waals surface area contributed by atoms with Gasteiger partial charge in [0.15, 0.2) is 11.5 Å². The molecule has 2 aromatic rings. The highest BCUT2D eigenvalue weighted by molar-refractivity contribution is 7.16. The Kier molecular flexibility index (Phi) is 6.85. The molecule has 1 amide bonds. The summed E-state index contributed by atoms with van der Waals surface area (Å²) in [4.78, 5) is 14.0. The van der Waals surface area contributed by atoms with Crippen molar-refractivity contribution in [2.24, 2.45) is 11.3 Å². The van der Waals surface area contributed by atoms with Gasteiger partial charge in [-0.1, -0.05) is 20.8 Å². The zero-order chi connectivity index (χ0) is 22.8. The number of halogens is 2. The average Bonchev–Trinajstić information content (AvgIpc) is 3.04. The number of thiophene rings is 1. The molecule has 1 aromatic heterocycles. The van der Waals surface area contributed by atoms with Gasteiger partial charge < -0.3 is 14.8 Å². The van der Waals surface area contributed by atoms with Crippen LogP contribution < -0.4 is 14.8 Å². The average molecular weight is 449 g/mol. The quantitative estimate of drug-likeness (QED) is 0.586. The molecular formula is C23H26F2N2O3S. The molecule has 0 bridgehead atoms. The van der Waals surface area contributed by atoms with Crippen molar-refractivity contribution < 1.29 is 23.0 Å². The van der Waals surface area contributed by atoms with E-state index in [0.717, 1.165) is 29.7 Å². The van der Waals surface area contributed by atoms with Crippen LogP contribution in [-0.2, 0) is 12.8 Å². The first kappa shape index (κ1) is 23.0. The number of carbonyl (C=O) groups is 1. The number of hydrogen-bond acceptors (Lipinski definition) is 5. The number of ether oxygens (including phenoxy) is 2. The summed E-state index contributed by atoms with van der Waals surface area (Å²) < 4.78 is 35.0. The van der Waals surface area contributed by atoms with Crippen molar-refractivity contribution in [2.45, 2.75) is 53.6 Å². The van der Waals surface area contributed by atoms with E-state index >= 15 is 0 Å². The van der Waals surface area contributed by atoms with E-state index in [2.05, 4.69) is 36.9 Å². The first-order chi connectivity index (χ1) is 14.6. The van der Waals surface area contributed by atoms with Crippen molar-refractivity contribution in [3.63, 3.8) is 0 Å². The standard InChI is InChI=1S/C23H26F2N2O3S/c1-5-29-18-10-13(6-9-17(18)30-22(24)25)20(28)27-21-16(12-26)15-8-7-14(23(2,3)4)11-19(15)31-21/h6,9-10,14,22H,5,7-8,11H2,1-4H3,(H,27,28)/t14-/m1/s1. The van der Waals surface area contributed by atoms with Crippen LogP contribution in [0, 0.1) is 22.7 Å². The van der Waals surface area contributed by atoms with Crippen LogP contribution in [0.15, 0.2) is 18.2 Å². The molecule has 1 aliphatic rings. The molecule has 1 aromatic carbocycles. The van der Waals surface area contributed by atoms with Gasteiger partial charge >= 0.3 is 6.61 Å². The predicted octanol–water partition coefficient (Wildman–Crippen LogP) is 6.02. The highest BCUT2D eigenvalue weighted by Crippen LogP contribution is 2.44. The van der Waals surface area contributed by atoms with Gasteiger partial charge in [0.1, 0.15) is 11.1 Å². The number of hydrogen-bond donors (Lipinski definition) is 1. The smallest absolute Gasteiger partial charge is 0.387 e. The second-order valence-electron chi connectivity index (χ2n) is 8.55. The van der Waals surface area contributed by atoms with Crippen molar-refractivity contribution in [3.8, 4) is 17.6 Å². The lowest BCUT2D eigenvalue weighted by atomic mass is 9.72. The minimum Gasteiger partial charge on any atom is -0.490 e. The molecule has 31 heavy (non-hydrogen) atoms. The van der Waals surface area contributed by atoms with Crippen LogP contribution in [0.4, 0.5) is 13.8 Å². The number of anilines is 1. The molecule has 5 nitrogen and oxygen atoms in total. The number of fused-ring (bicyclic) bond motifs is 1. The number of nitrogens with zero attached hydrogens (tertiary/aromatic N) is 1. The number of alkyl halides is 2. The fraction of sp³-hybridized carbons (Fsp3) is 0.478. The van der Waals surface area contributed by atoms with Crippen LogP contribution >= 0.6 is 11.3 Å². The van der Waals surface area contributed by atoms with Gasteiger partial charge in [-0.15, -0.1) is 11.3 Å². The molecule has 0 unspecified atom stereocenters. The summed E-state index contributed by atoms with van der Waals surface area (Å²) in [5.74, 6) is 0.0114. The Morgan fingerprint density at radius 3 is 2.71 bits per heavy atom. The van der Waals surface area contributed by atoms with E-state index in [0.29, 0.717) is 16.5 Å². The fourth-order valence-corrected chi connectivity index (χ4v) is 5.09. The van der Waals surface area contributed by atoms with E-state index in [1.807, 2.05) is 0 Å². The van der Waals surface area contributed by atoms with Crippen LogP contribution in [0.5, 0.6) is 11.5 Å². The van der Waals surface area contributed by atoms with Gasteiger partial charge in [-0.2, -0.15) is 14.0 Å². The van der Waals surface area contributed by atoms with E-state index in [1.165, 1.54) is 29.5 Å². The molecule has 0 saturated heterocycles. The van der Waals surface area contributed by atoms with Crippen LogP contribution in [0.1, 0.15) is 60.5 Å². The van der Waals surface area contributed by atoms with E-state index in [9.17, 15) is 18.8 Å². The van der Waals surface area contributed by atoms with Crippen LogP contribution in [0.25, 0.3) is 0 Å². The van der Waals surface area contributed by atoms with Crippen molar-refractivity contribution in [3.05, 3.63) is 39.8 Å². The molecule has 3 rings (SSSR count). The van der Waals surface area contributed by atoms with Crippen LogP contribution in [0.3, 0.4) is 0 Å². The van der Waals surface area contributed by atoms with E-state index in [1.54, 1.807) is 6.92 Å². The number of benzene rings is 1. The molecule has 0 spiro atoms. The summed E-state index contributed by atoms with van der Waals surface area (Å²) in [6.07, 6.45) is 2.72. The maximum atomic E-state index is 12.9. The van der Waals surface area contributed by atoms with Gasteiger partial charge in [0.2, 0.25) is 0 Å². The number of amides is 1. The van der Waals surface area contributed by atoms with Gasteiger partial charge in [-0.05, 0) is 61.3 Å². The largest absolute Gasteiger partial charge is 0.490 e. The minimum absolute atomic E-state index is 0.0643. The number of nitriles is 1. The highest BCUT2D eigenvalue weighted by atomic mass is 32.1. The van der Waals surface area contributed by atoms with Crippen LogP contribution in [0.2, 0.25) is 0 Å². The summed E-state index contributed by atoms with van der Waals surface area (Å²) in [5, 5.41) is 13.1. The third kappa shape index (κ3) is 5.16. The minimum atomic E-state index is -2.99. The molecule has 1 aliphatic carbocycles. The van der Waals surface area contributed by atoms with Crippen molar-refractivity contribution >= 4 is 22.2 Å². The fourth-order valence-electron chi connectivity index (χ4n) is 3.82. The Morgan fingerprint density at radius 2 is 2.10 bits per heavy atom. The van der Waals surface area contributed by atoms with Crippen molar-refractivity contribution in [1.29, 1.82) is 5.26 Å². The van der Waals surface area contributed by atoms with Gasteiger partial charge in [0.25, 0.3) is 5.91 Å². The lowest BCUT2D eigenvalue weighted by molar-refractivity contribution is -0.0514. The van der Waals surface area contributed by atoms with Gasteiger partial charge in [-0.3, -0.25) is 4.79 Å². The first-order valence-corrected chi connectivity index (χ1v) is 11.0. The second kappa shape index (κ2) is 9.23. The molecular weight excluding hydrogens is 422 g/mol. The summed E-state index contributed by atoms with van der Waals surface area (Å²) in [6.45, 7) is 5.62. The molecule has 1 N–H and O–H groups in total. The molecule has 8 heteroatoms. The molecule has 0 fully saturated rings. The van der Waals surface area contributed by atoms with Gasteiger partial charge in [0, 0.05) is 10.4 Å². The van der Waals surface area contributed by atoms with E-state index in [4.69, 9.17) is 4.74 Å². The molecule has 1 atom stereocenters. The SMILES string of the molecule is CCOc1cc(C(=O)Nc2sc3c(c2C#N)CC[C@@H](C(C)(C)C)C3)ccc1OC(F)F. The van der Waals surface area contributed by atoms with Crippen molar-refractivity contribution in [2.75, 3.05) is 11.9 Å². The summed E-state index contributed by atoms with van der Waals surface area (Å²) in [5.41, 5.74) is 1.95. The Balaban J connectivity index is 1.85. The predicted molar refractivity (Wildman–Crippen MR) is 116 cm³/mol. The zero-order valence-electron chi connectivity index (χ0n) is 18.1. The maximum absolute atomic E-state index is 12.9. The molecule has 166 valence electrons. The zero-order valence-corrected chi connectivity index (χ0v) is 18.9. The Morgan fingerprint density at radius 1 is 1.35 bits per heavy atom. The number of rotatable bonds is 6. The Bertz CT molecular complexity index is 1010. The number of nitrogens with one attached hydrogen (secondary N) is 1.